The average Bonchev–Trinajstić information content (AvgIpc) is 2.36. The van der Waals surface area contributed by atoms with Gasteiger partial charge in [-0.05, 0) is 30.3 Å². The summed E-state index contributed by atoms with van der Waals surface area (Å²) in [4.78, 5) is 11.9. The molecule has 2 aromatic carbocycles. The van der Waals surface area contributed by atoms with Crippen molar-refractivity contribution in [3.63, 3.8) is 0 Å². The number of nitrogens with one attached hydrogen (secondary N) is 1. The molecule has 0 unspecified atom stereocenters. The van der Waals surface area contributed by atoms with Gasteiger partial charge in [0.25, 0.3) is 5.91 Å². The minimum absolute atomic E-state index is 0.183. The number of hydrogen-bond acceptors (Lipinski definition) is 1. The zero-order chi connectivity index (χ0) is 14.0. The number of benzene rings is 2. The minimum Gasteiger partial charge on any atom is -0.321 e. The lowest BCUT2D eigenvalue weighted by molar-refractivity contribution is 0.102. The van der Waals surface area contributed by atoms with Crippen molar-refractivity contribution in [1.29, 1.82) is 0 Å². The van der Waals surface area contributed by atoms with Gasteiger partial charge in [0.1, 0.15) is 5.82 Å². The van der Waals surface area contributed by atoms with Gasteiger partial charge in [-0.3, -0.25) is 4.79 Å². The van der Waals surface area contributed by atoms with E-state index in [1.165, 1.54) is 30.3 Å². The van der Waals surface area contributed by atoms with E-state index in [2.05, 4.69) is 5.32 Å². The van der Waals surface area contributed by atoms with E-state index in [1.807, 2.05) is 0 Å². The largest absolute Gasteiger partial charge is 0.321 e. The molecule has 1 amide bonds. The van der Waals surface area contributed by atoms with Crippen LogP contribution in [0.3, 0.4) is 0 Å². The highest BCUT2D eigenvalue weighted by molar-refractivity contribution is 6.44. The van der Waals surface area contributed by atoms with Crippen LogP contribution in [0, 0.1) is 5.82 Å². The van der Waals surface area contributed by atoms with Crippen LogP contribution in [0.2, 0.25) is 15.1 Å². The predicted molar refractivity (Wildman–Crippen MR) is 75.8 cm³/mol. The molecule has 0 aliphatic carbocycles. The molecule has 0 heterocycles. The second kappa shape index (κ2) is 5.78. The second-order valence-corrected chi connectivity index (χ2v) is 4.93. The fourth-order valence-electron chi connectivity index (χ4n) is 1.44. The fraction of sp³-hybridized carbons (Fsp3) is 0. The molecule has 2 rings (SSSR count). The second-order valence-electron chi connectivity index (χ2n) is 3.71. The quantitative estimate of drug-likeness (QED) is 0.772. The molecule has 0 bridgehead atoms. The minimum atomic E-state index is -0.493. The van der Waals surface area contributed by atoms with E-state index in [4.69, 9.17) is 34.8 Å². The Morgan fingerprint density at radius 3 is 2.37 bits per heavy atom. The third-order valence-corrected chi connectivity index (χ3v) is 3.38. The molecule has 0 saturated heterocycles. The topological polar surface area (TPSA) is 29.1 Å². The van der Waals surface area contributed by atoms with Crippen LogP contribution >= 0.6 is 34.8 Å². The third kappa shape index (κ3) is 3.38. The Morgan fingerprint density at radius 2 is 1.68 bits per heavy atom. The number of amides is 1. The molecule has 1 N–H and O–H groups in total. The van der Waals surface area contributed by atoms with Gasteiger partial charge in [0.05, 0.1) is 20.8 Å². The maximum atomic E-state index is 13.0. The molecule has 6 heteroatoms. The van der Waals surface area contributed by atoms with Crippen LogP contribution in [0.1, 0.15) is 10.4 Å². The number of carbonyl (C=O) groups is 1. The lowest BCUT2D eigenvalue weighted by atomic mass is 10.2. The monoisotopic (exact) mass is 317 g/mol. The van der Waals surface area contributed by atoms with Gasteiger partial charge in [-0.25, -0.2) is 4.39 Å². The van der Waals surface area contributed by atoms with Crippen LogP contribution in [0.4, 0.5) is 10.1 Å². The molecule has 0 aliphatic rings. The zero-order valence-electron chi connectivity index (χ0n) is 9.38. The highest BCUT2D eigenvalue weighted by atomic mass is 35.5. The molecule has 0 saturated carbocycles. The molecule has 0 fully saturated rings. The van der Waals surface area contributed by atoms with Crippen molar-refractivity contribution >= 4 is 46.4 Å². The van der Waals surface area contributed by atoms with Gasteiger partial charge < -0.3 is 5.32 Å². The molecule has 19 heavy (non-hydrogen) atoms. The Hall–Kier alpha value is -1.29. The summed E-state index contributed by atoms with van der Waals surface area (Å²) in [5, 5.41) is 3.34. The Morgan fingerprint density at radius 1 is 1.00 bits per heavy atom. The molecule has 0 radical (unpaired) electrons. The van der Waals surface area contributed by atoms with Crippen molar-refractivity contribution in [1.82, 2.24) is 0 Å². The van der Waals surface area contributed by atoms with E-state index in [0.29, 0.717) is 5.69 Å². The van der Waals surface area contributed by atoms with Gasteiger partial charge in [-0.15, -0.1) is 0 Å². The van der Waals surface area contributed by atoms with E-state index >= 15 is 0 Å². The van der Waals surface area contributed by atoms with Crippen molar-refractivity contribution in [3.8, 4) is 0 Å². The van der Waals surface area contributed by atoms with E-state index in [1.54, 1.807) is 0 Å². The predicted octanol–water partition coefficient (Wildman–Crippen LogP) is 5.04. The molecule has 0 spiro atoms. The Kier molecular flexibility index (Phi) is 4.30. The molecular weight excluding hydrogens is 312 g/mol. The fourth-order valence-corrected chi connectivity index (χ4v) is 2.04. The first-order valence-electron chi connectivity index (χ1n) is 5.19. The summed E-state index contributed by atoms with van der Waals surface area (Å²) in [7, 11) is 0. The maximum absolute atomic E-state index is 13.0. The van der Waals surface area contributed by atoms with Crippen LogP contribution in [-0.2, 0) is 0 Å². The molecule has 98 valence electrons. The van der Waals surface area contributed by atoms with Crippen molar-refractivity contribution in [3.05, 3.63) is 62.8 Å². The first-order chi connectivity index (χ1) is 8.97. The molecule has 0 atom stereocenters. The molecule has 0 aromatic heterocycles. The van der Waals surface area contributed by atoms with Gasteiger partial charge in [0.15, 0.2) is 0 Å². The average molecular weight is 319 g/mol. The summed E-state index contributed by atoms with van der Waals surface area (Å²) in [6.07, 6.45) is 0. The Labute approximate surface area is 124 Å². The van der Waals surface area contributed by atoms with E-state index in [9.17, 15) is 9.18 Å². The van der Waals surface area contributed by atoms with Gasteiger partial charge in [-0.1, -0.05) is 40.9 Å². The SMILES string of the molecule is O=C(Nc1cc(Cl)c(Cl)cc1Cl)c1cccc(F)c1. The third-order valence-electron chi connectivity index (χ3n) is 2.34. The normalized spacial score (nSPS) is 10.3. The Balaban J connectivity index is 2.27. The zero-order valence-corrected chi connectivity index (χ0v) is 11.7. The first kappa shape index (κ1) is 14.1. The molecular formula is C13H7Cl3FNO. The summed E-state index contributed by atoms with van der Waals surface area (Å²) in [5.41, 5.74) is 0.493. The van der Waals surface area contributed by atoms with Gasteiger partial charge in [-0.2, -0.15) is 0 Å². The first-order valence-corrected chi connectivity index (χ1v) is 6.32. The van der Waals surface area contributed by atoms with E-state index in [-0.39, 0.29) is 20.6 Å². The van der Waals surface area contributed by atoms with Crippen molar-refractivity contribution in [2.24, 2.45) is 0 Å². The van der Waals surface area contributed by atoms with E-state index in [0.717, 1.165) is 6.07 Å². The van der Waals surface area contributed by atoms with Crippen LogP contribution < -0.4 is 5.32 Å². The number of carbonyl (C=O) groups excluding carboxylic acids is 1. The Bertz CT molecular complexity index is 646. The van der Waals surface area contributed by atoms with Crippen LogP contribution in [0.15, 0.2) is 36.4 Å². The van der Waals surface area contributed by atoms with E-state index < -0.39 is 11.7 Å². The summed E-state index contributed by atoms with van der Waals surface area (Å²) < 4.78 is 13.0. The van der Waals surface area contributed by atoms with Crippen LogP contribution in [0.25, 0.3) is 0 Å². The molecule has 2 nitrogen and oxygen atoms in total. The number of halogens is 4. The van der Waals surface area contributed by atoms with Crippen molar-refractivity contribution in [2.45, 2.75) is 0 Å². The standard InChI is InChI=1S/C13H7Cl3FNO/c14-9-5-11(16)12(6-10(9)15)18-13(19)7-2-1-3-8(17)4-7/h1-6H,(H,18,19). The lowest BCUT2D eigenvalue weighted by Gasteiger charge is -2.08. The number of hydrogen-bond donors (Lipinski definition) is 1. The number of anilines is 1. The molecule has 0 aliphatic heterocycles. The van der Waals surface area contributed by atoms with Gasteiger partial charge >= 0.3 is 0 Å². The van der Waals surface area contributed by atoms with Crippen molar-refractivity contribution in [2.75, 3.05) is 5.32 Å². The summed E-state index contributed by atoms with van der Waals surface area (Å²) >= 11 is 17.6. The summed E-state index contributed by atoms with van der Waals surface area (Å²) in [6, 6.07) is 8.17. The highest BCUT2D eigenvalue weighted by Crippen LogP contribution is 2.32. The lowest BCUT2D eigenvalue weighted by Crippen LogP contribution is -2.12. The van der Waals surface area contributed by atoms with Gasteiger partial charge in [0, 0.05) is 5.56 Å². The van der Waals surface area contributed by atoms with Crippen molar-refractivity contribution < 1.29 is 9.18 Å². The maximum Gasteiger partial charge on any atom is 0.255 e. The van der Waals surface area contributed by atoms with Gasteiger partial charge in [0.2, 0.25) is 0 Å². The summed E-state index contributed by atoms with van der Waals surface area (Å²) in [6.45, 7) is 0. The smallest absolute Gasteiger partial charge is 0.255 e. The number of rotatable bonds is 2. The summed E-state index contributed by atoms with van der Waals surface area (Å²) in [5.74, 6) is -0.979. The highest BCUT2D eigenvalue weighted by Gasteiger charge is 2.11. The molecule has 2 aromatic rings. The van der Waals surface area contributed by atoms with Crippen LogP contribution in [-0.4, -0.2) is 5.91 Å². The van der Waals surface area contributed by atoms with Crippen LogP contribution in [0.5, 0.6) is 0 Å².